The summed E-state index contributed by atoms with van der Waals surface area (Å²) < 4.78 is 6.68. The first-order valence-electron chi connectivity index (χ1n) is 6.62. The molecule has 0 bridgehead atoms. The van der Waals surface area contributed by atoms with Crippen LogP contribution in [0.1, 0.15) is 11.1 Å². The maximum Gasteiger partial charge on any atom is 0.341 e. The van der Waals surface area contributed by atoms with Crippen molar-refractivity contribution < 1.29 is 14.6 Å². The highest BCUT2D eigenvalue weighted by molar-refractivity contribution is 9.11. The van der Waals surface area contributed by atoms with Gasteiger partial charge in [-0.05, 0) is 51.8 Å². The average molecular weight is 472 g/mol. The van der Waals surface area contributed by atoms with Crippen molar-refractivity contribution in [3.63, 3.8) is 0 Å². The lowest BCUT2D eigenvalue weighted by Gasteiger charge is -2.11. The number of halogens is 3. The van der Waals surface area contributed by atoms with Crippen LogP contribution in [0.3, 0.4) is 0 Å². The molecule has 0 fully saturated rings. The Labute approximate surface area is 160 Å². The van der Waals surface area contributed by atoms with Crippen LogP contribution in [0.4, 0.5) is 0 Å². The number of carboxylic acid groups (broad SMARTS) is 1. The van der Waals surface area contributed by atoms with Crippen LogP contribution in [0.25, 0.3) is 11.6 Å². The highest BCUT2D eigenvalue weighted by atomic mass is 79.9. The van der Waals surface area contributed by atoms with Crippen molar-refractivity contribution in [3.05, 3.63) is 61.5 Å². The van der Waals surface area contributed by atoms with E-state index in [1.807, 2.05) is 0 Å². The van der Waals surface area contributed by atoms with Gasteiger partial charge in [0.25, 0.3) is 0 Å². The zero-order valence-corrected chi connectivity index (χ0v) is 16.0. The van der Waals surface area contributed by atoms with Gasteiger partial charge in [-0.2, -0.15) is 5.26 Å². The molecule has 0 amide bonds. The molecule has 0 unspecified atom stereocenters. The summed E-state index contributed by atoms with van der Waals surface area (Å²) in [7, 11) is 0. The minimum absolute atomic E-state index is 0.349. The molecule has 2 aromatic carbocycles. The number of benzene rings is 2. The van der Waals surface area contributed by atoms with E-state index in [2.05, 4.69) is 37.9 Å². The highest BCUT2D eigenvalue weighted by Crippen LogP contribution is 2.35. The summed E-state index contributed by atoms with van der Waals surface area (Å²) in [5.74, 6) is -0.736. The standard InChI is InChI=1S/C17H10Br2ClNO3/c18-13-6-11(17(15(19)7-13)24-9-16(22)23)5-12(8-21)10-1-3-14(20)4-2-10/h1-7H,9H2,(H,22,23)/b12-5+. The van der Waals surface area contributed by atoms with Gasteiger partial charge in [0, 0.05) is 15.1 Å². The van der Waals surface area contributed by atoms with Crippen LogP contribution in [0, 0.1) is 11.3 Å². The third-order valence-corrected chi connectivity index (χ3v) is 4.25. The van der Waals surface area contributed by atoms with E-state index in [9.17, 15) is 10.1 Å². The number of carboxylic acids is 1. The first kappa shape index (κ1) is 18.5. The summed E-state index contributed by atoms with van der Waals surface area (Å²) in [4.78, 5) is 10.8. The number of carbonyl (C=O) groups is 1. The molecule has 0 spiro atoms. The van der Waals surface area contributed by atoms with Gasteiger partial charge in [0.15, 0.2) is 6.61 Å². The Morgan fingerprint density at radius 2 is 1.96 bits per heavy atom. The fraction of sp³-hybridized carbons (Fsp3) is 0.0588. The molecule has 0 aliphatic rings. The van der Waals surface area contributed by atoms with E-state index in [0.29, 0.717) is 31.9 Å². The summed E-state index contributed by atoms with van der Waals surface area (Å²) in [6, 6.07) is 12.5. The van der Waals surface area contributed by atoms with Crippen molar-refractivity contribution >= 4 is 61.1 Å². The summed E-state index contributed by atoms with van der Waals surface area (Å²) in [6.07, 6.45) is 1.63. The molecule has 24 heavy (non-hydrogen) atoms. The summed E-state index contributed by atoms with van der Waals surface area (Å²) >= 11 is 12.6. The predicted molar refractivity (Wildman–Crippen MR) is 99.9 cm³/mol. The van der Waals surface area contributed by atoms with Crippen molar-refractivity contribution in [1.82, 2.24) is 0 Å². The zero-order chi connectivity index (χ0) is 17.7. The molecule has 7 heteroatoms. The first-order valence-corrected chi connectivity index (χ1v) is 8.58. The number of hydrogen-bond donors (Lipinski definition) is 1. The third kappa shape index (κ3) is 4.84. The SMILES string of the molecule is N#C/C(=C\c1cc(Br)cc(Br)c1OCC(=O)O)c1ccc(Cl)cc1. The molecule has 122 valence electrons. The smallest absolute Gasteiger partial charge is 0.341 e. The Balaban J connectivity index is 2.50. The molecule has 2 aromatic rings. The zero-order valence-electron chi connectivity index (χ0n) is 12.1. The van der Waals surface area contributed by atoms with Gasteiger partial charge < -0.3 is 9.84 Å². The van der Waals surface area contributed by atoms with Gasteiger partial charge in [-0.3, -0.25) is 0 Å². The molecule has 0 saturated carbocycles. The molecule has 0 saturated heterocycles. The second-order valence-electron chi connectivity index (χ2n) is 4.67. The van der Waals surface area contributed by atoms with Crippen molar-refractivity contribution in [3.8, 4) is 11.8 Å². The van der Waals surface area contributed by atoms with Crippen molar-refractivity contribution in [2.75, 3.05) is 6.61 Å². The molecular formula is C17H10Br2ClNO3. The third-order valence-electron chi connectivity index (χ3n) is 2.95. The number of hydrogen-bond acceptors (Lipinski definition) is 3. The predicted octanol–water partition coefficient (Wildman–Crippen LogP) is 5.39. The molecule has 0 atom stereocenters. The first-order chi connectivity index (χ1) is 11.4. The normalized spacial score (nSPS) is 11.0. The lowest BCUT2D eigenvalue weighted by Crippen LogP contribution is -2.10. The number of allylic oxidation sites excluding steroid dienone is 1. The van der Waals surface area contributed by atoms with E-state index < -0.39 is 12.6 Å². The van der Waals surface area contributed by atoms with E-state index >= 15 is 0 Å². The van der Waals surface area contributed by atoms with Gasteiger partial charge in [-0.15, -0.1) is 0 Å². The lowest BCUT2D eigenvalue weighted by molar-refractivity contribution is -0.139. The van der Waals surface area contributed by atoms with Crippen LogP contribution in [0.15, 0.2) is 45.3 Å². The Kier molecular flexibility index (Phi) is 6.44. The van der Waals surface area contributed by atoms with Crippen LogP contribution in [0.2, 0.25) is 5.02 Å². The topological polar surface area (TPSA) is 70.3 Å². The number of nitrogens with zero attached hydrogens (tertiary/aromatic N) is 1. The van der Waals surface area contributed by atoms with Crippen LogP contribution in [-0.2, 0) is 4.79 Å². The van der Waals surface area contributed by atoms with Gasteiger partial charge in [0.05, 0.1) is 16.1 Å². The van der Waals surface area contributed by atoms with Crippen molar-refractivity contribution in [2.24, 2.45) is 0 Å². The molecule has 0 aromatic heterocycles. The number of nitriles is 1. The molecule has 0 aliphatic heterocycles. The molecular weight excluding hydrogens is 461 g/mol. The number of rotatable bonds is 5. The summed E-state index contributed by atoms with van der Waals surface area (Å²) in [6.45, 7) is -0.482. The Bertz CT molecular complexity index is 842. The second-order valence-corrected chi connectivity index (χ2v) is 6.87. The quantitative estimate of drug-likeness (QED) is 0.469. The van der Waals surface area contributed by atoms with Gasteiger partial charge >= 0.3 is 5.97 Å². The lowest BCUT2D eigenvalue weighted by atomic mass is 10.0. The molecule has 0 heterocycles. The van der Waals surface area contributed by atoms with Crippen LogP contribution in [-0.4, -0.2) is 17.7 Å². The molecule has 4 nitrogen and oxygen atoms in total. The number of ether oxygens (including phenoxy) is 1. The fourth-order valence-corrected chi connectivity index (χ4v) is 3.44. The van der Waals surface area contributed by atoms with E-state index in [-0.39, 0.29) is 0 Å². The minimum Gasteiger partial charge on any atom is -0.480 e. The van der Waals surface area contributed by atoms with Crippen molar-refractivity contribution in [2.45, 2.75) is 0 Å². The Morgan fingerprint density at radius 3 is 2.54 bits per heavy atom. The van der Waals surface area contributed by atoms with Crippen LogP contribution >= 0.6 is 43.5 Å². The van der Waals surface area contributed by atoms with Crippen LogP contribution < -0.4 is 4.74 Å². The molecule has 1 N–H and O–H groups in total. The minimum atomic E-state index is -1.09. The monoisotopic (exact) mass is 469 g/mol. The number of aliphatic carboxylic acids is 1. The Hall–Kier alpha value is -1.81. The van der Waals surface area contributed by atoms with Gasteiger partial charge in [0.2, 0.25) is 0 Å². The Morgan fingerprint density at radius 1 is 1.29 bits per heavy atom. The second kappa shape index (κ2) is 8.34. The van der Waals surface area contributed by atoms with E-state index in [1.54, 1.807) is 42.5 Å². The van der Waals surface area contributed by atoms with Gasteiger partial charge in [-0.25, -0.2) is 4.79 Å². The van der Waals surface area contributed by atoms with E-state index in [1.165, 1.54) is 0 Å². The van der Waals surface area contributed by atoms with Crippen molar-refractivity contribution in [1.29, 1.82) is 5.26 Å². The van der Waals surface area contributed by atoms with E-state index in [4.69, 9.17) is 21.4 Å². The largest absolute Gasteiger partial charge is 0.480 e. The molecule has 2 rings (SSSR count). The summed E-state index contributed by atoms with van der Waals surface area (Å²) in [5, 5.41) is 18.8. The average Bonchev–Trinajstić information content (AvgIpc) is 2.52. The van der Waals surface area contributed by atoms with Gasteiger partial charge in [0.1, 0.15) is 5.75 Å². The van der Waals surface area contributed by atoms with Crippen LogP contribution in [0.5, 0.6) is 5.75 Å². The van der Waals surface area contributed by atoms with E-state index in [0.717, 1.165) is 4.47 Å². The maximum atomic E-state index is 10.8. The molecule has 0 aliphatic carbocycles. The summed E-state index contributed by atoms with van der Waals surface area (Å²) in [5.41, 5.74) is 1.67. The fourth-order valence-electron chi connectivity index (χ4n) is 1.94. The highest BCUT2D eigenvalue weighted by Gasteiger charge is 2.12. The maximum absolute atomic E-state index is 10.8. The molecule has 0 radical (unpaired) electrons. The van der Waals surface area contributed by atoms with Gasteiger partial charge in [-0.1, -0.05) is 39.7 Å².